The lowest BCUT2D eigenvalue weighted by Gasteiger charge is -2.16. The summed E-state index contributed by atoms with van der Waals surface area (Å²) in [5.41, 5.74) is 1.09. The minimum absolute atomic E-state index is 0.0152. The van der Waals surface area contributed by atoms with E-state index in [1.165, 1.54) is 0 Å². The monoisotopic (exact) mass is 357 g/mol. The summed E-state index contributed by atoms with van der Waals surface area (Å²) in [6, 6.07) is 10.4. The summed E-state index contributed by atoms with van der Waals surface area (Å²) in [5.74, 6) is 1.42. The van der Waals surface area contributed by atoms with Crippen molar-refractivity contribution in [1.29, 1.82) is 0 Å². The minimum Gasteiger partial charge on any atom is -0.493 e. The van der Waals surface area contributed by atoms with Crippen LogP contribution in [0.3, 0.4) is 0 Å². The third-order valence-electron chi connectivity index (χ3n) is 3.70. The molecule has 1 N–H and O–H groups in total. The molecular formula is C20H23NO5. The van der Waals surface area contributed by atoms with Gasteiger partial charge in [-0.3, -0.25) is 4.79 Å². The van der Waals surface area contributed by atoms with Crippen molar-refractivity contribution in [2.75, 3.05) is 12.4 Å². The minimum atomic E-state index is -0.704. The molecule has 26 heavy (non-hydrogen) atoms. The summed E-state index contributed by atoms with van der Waals surface area (Å²) in [7, 11) is 1.55. The lowest BCUT2D eigenvalue weighted by Crippen LogP contribution is -2.29. The Labute approximate surface area is 153 Å². The Hall–Kier alpha value is -2.89. The highest BCUT2D eigenvalue weighted by Crippen LogP contribution is 2.40. The maximum atomic E-state index is 12.6. The van der Waals surface area contributed by atoms with E-state index in [1.807, 2.05) is 27.7 Å². The van der Waals surface area contributed by atoms with Crippen molar-refractivity contribution in [2.24, 2.45) is 0 Å². The first kappa shape index (κ1) is 17.9. The van der Waals surface area contributed by atoms with Gasteiger partial charge in [0.25, 0.3) is 5.91 Å². The molecule has 1 amide bonds. The van der Waals surface area contributed by atoms with Gasteiger partial charge in [0, 0.05) is 31.2 Å². The average Bonchev–Trinajstić information content (AvgIpc) is 2.87. The number of ether oxygens (including phenoxy) is 4. The Kier molecular flexibility index (Phi) is 4.68. The molecule has 0 radical (unpaired) electrons. The molecule has 138 valence electrons. The molecule has 0 saturated carbocycles. The van der Waals surface area contributed by atoms with Crippen molar-refractivity contribution in [3.8, 4) is 23.0 Å². The summed E-state index contributed by atoms with van der Waals surface area (Å²) < 4.78 is 22.4. The number of amides is 1. The van der Waals surface area contributed by atoms with Crippen molar-refractivity contribution >= 4 is 11.6 Å². The van der Waals surface area contributed by atoms with Crippen molar-refractivity contribution in [3.05, 3.63) is 42.0 Å². The number of rotatable bonds is 5. The lowest BCUT2D eigenvalue weighted by molar-refractivity contribution is -0.0431. The van der Waals surface area contributed by atoms with E-state index >= 15 is 0 Å². The van der Waals surface area contributed by atoms with Crippen molar-refractivity contribution in [1.82, 2.24) is 0 Å². The SMILES string of the molecule is COc1cc(C(=O)Nc2ccc3c(c2)OC(C)(C)O3)ccc1OC(C)C. The quantitative estimate of drug-likeness (QED) is 0.867. The van der Waals surface area contributed by atoms with Crippen LogP contribution in [0.25, 0.3) is 0 Å². The standard InChI is InChI=1S/C20H23NO5/c1-12(2)24-15-8-6-13(10-17(15)23-5)19(22)21-14-7-9-16-18(11-14)26-20(3,4)25-16/h6-12H,1-5H3,(H,21,22). The van der Waals surface area contributed by atoms with E-state index in [4.69, 9.17) is 18.9 Å². The molecule has 0 bridgehead atoms. The van der Waals surface area contributed by atoms with E-state index in [-0.39, 0.29) is 12.0 Å². The molecule has 1 heterocycles. The van der Waals surface area contributed by atoms with Crippen molar-refractivity contribution < 1.29 is 23.7 Å². The highest BCUT2D eigenvalue weighted by Gasteiger charge is 2.31. The van der Waals surface area contributed by atoms with Gasteiger partial charge in [-0.05, 0) is 44.2 Å². The van der Waals surface area contributed by atoms with Gasteiger partial charge in [0.1, 0.15) is 0 Å². The molecule has 2 aromatic rings. The predicted octanol–water partition coefficient (Wildman–Crippen LogP) is 4.24. The van der Waals surface area contributed by atoms with Crippen LogP contribution in [0, 0.1) is 0 Å². The molecule has 0 spiro atoms. The molecule has 1 aliphatic heterocycles. The van der Waals surface area contributed by atoms with E-state index in [2.05, 4.69) is 5.32 Å². The second-order valence-electron chi connectivity index (χ2n) is 6.75. The third-order valence-corrected chi connectivity index (χ3v) is 3.70. The van der Waals surface area contributed by atoms with Gasteiger partial charge in [-0.2, -0.15) is 0 Å². The molecule has 0 unspecified atom stereocenters. The Bertz CT molecular complexity index is 829. The summed E-state index contributed by atoms with van der Waals surface area (Å²) in [6.07, 6.45) is 0.0152. The van der Waals surface area contributed by atoms with Crippen molar-refractivity contribution in [2.45, 2.75) is 39.6 Å². The van der Waals surface area contributed by atoms with Crippen LogP contribution in [0.1, 0.15) is 38.1 Å². The Morgan fingerprint density at radius 1 is 1.04 bits per heavy atom. The zero-order valence-electron chi connectivity index (χ0n) is 15.6. The Morgan fingerprint density at radius 2 is 1.77 bits per heavy atom. The van der Waals surface area contributed by atoms with Gasteiger partial charge in [-0.25, -0.2) is 0 Å². The molecule has 2 aromatic carbocycles. The Balaban J connectivity index is 1.77. The van der Waals surface area contributed by atoms with Crippen LogP contribution in [-0.4, -0.2) is 24.9 Å². The number of methoxy groups -OCH3 is 1. The van der Waals surface area contributed by atoms with Crippen LogP contribution in [-0.2, 0) is 0 Å². The fourth-order valence-corrected chi connectivity index (χ4v) is 2.66. The number of nitrogens with one attached hydrogen (secondary N) is 1. The molecule has 6 heteroatoms. The van der Waals surface area contributed by atoms with Gasteiger partial charge in [0.05, 0.1) is 13.2 Å². The molecule has 1 aliphatic rings. The molecule has 0 aliphatic carbocycles. The van der Waals surface area contributed by atoms with E-state index < -0.39 is 5.79 Å². The average molecular weight is 357 g/mol. The van der Waals surface area contributed by atoms with Crippen LogP contribution >= 0.6 is 0 Å². The fraction of sp³-hybridized carbons (Fsp3) is 0.350. The van der Waals surface area contributed by atoms with Gasteiger partial charge >= 0.3 is 0 Å². The lowest BCUT2D eigenvalue weighted by atomic mass is 10.1. The van der Waals surface area contributed by atoms with E-state index in [0.29, 0.717) is 34.2 Å². The second kappa shape index (κ2) is 6.78. The number of hydrogen-bond acceptors (Lipinski definition) is 5. The van der Waals surface area contributed by atoms with Crippen LogP contribution in [0.4, 0.5) is 5.69 Å². The van der Waals surface area contributed by atoms with Crippen molar-refractivity contribution in [3.63, 3.8) is 0 Å². The van der Waals surface area contributed by atoms with E-state index in [1.54, 1.807) is 43.5 Å². The van der Waals surface area contributed by atoms with Gasteiger partial charge in [-0.15, -0.1) is 0 Å². The van der Waals surface area contributed by atoms with Crippen LogP contribution in [0.5, 0.6) is 23.0 Å². The molecule has 3 rings (SSSR count). The van der Waals surface area contributed by atoms with Crippen LogP contribution < -0.4 is 24.3 Å². The van der Waals surface area contributed by atoms with Gasteiger partial charge in [-0.1, -0.05) is 0 Å². The fourth-order valence-electron chi connectivity index (χ4n) is 2.66. The molecule has 6 nitrogen and oxygen atoms in total. The van der Waals surface area contributed by atoms with Gasteiger partial charge in [0.2, 0.25) is 5.79 Å². The number of benzene rings is 2. The first-order valence-electron chi connectivity index (χ1n) is 8.45. The Morgan fingerprint density at radius 3 is 2.46 bits per heavy atom. The first-order chi connectivity index (χ1) is 12.3. The zero-order chi connectivity index (χ0) is 18.9. The predicted molar refractivity (Wildman–Crippen MR) is 98.5 cm³/mol. The second-order valence-corrected chi connectivity index (χ2v) is 6.75. The number of carbonyl (C=O) groups is 1. The summed E-state index contributed by atoms with van der Waals surface area (Å²) >= 11 is 0. The summed E-state index contributed by atoms with van der Waals surface area (Å²) in [5, 5.41) is 2.86. The van der Waals surface area contributed by atoms with E-state index in [0.717, 1.165) is 0 Å². The van der Waals surface area contributed by atoms with Crippen LogP contribution in [0.2, 0.25) is 0 Å². The van der Waals surface area contributed by atoms with Gasteiger partial charge in [0.15, 0.2) is 23.0 Å². The number of carbonyl (C=O) groups excluding carboxylic acids is 1. The summed E-state index contributed by atoms with van der Waals surface area (Å²) in [4.78, 5) is 12.6. The molecular weight excluding hydrogens is 334 g/mol. The highest BCUT2D eigenvalue weighted by molar-refractivity contribution is 6.04. The summed E-state index contributed by atoms with van der Waals surface area (Å²) in [6.45, 7) is 7.53. The van der Waals surface area contributed by atoms with Gasteiger partial charge < -0.3 is 24.3 Å². The maximum Gasteiger partial charge on any atom is 0.255 e. The topological polar surface area (TPSA) is 66.0 Å². The molecule has 0 saturated heterocycles. The maximum absolute atomic E-state index is 12.6. The largest absolute Gasteiger partial charge is 0.493 e. The number of anilines is 1. The third kappa shape index (κ3) is 3.85. The number of hydrogen-bond donors (Lipinski definition) is 1. The normalized spacial score (nSPS) is 14.2. The molecule has 0 aromatic heterocycles. The molecule has 0 atom stereocenters. The smallest absolute Gasteiger partial charge is 0.255 e. The zero-order valence-corrected chi connectivity index (χ0v) is 15.6. The van der Waals surface area contributed by atoms with E-state index in [9.17, 15) is 4.79 Å². The highest BCUT2D eigenvalue weighted by atomic mass is 16.7. The molecule has 0 fully saturated rings. The first-order valence-corrected chi connectivity index (χ1v) is 8.45. The van der Waals surface area contributed by atoms with Crippen LogP contribution in [0.15, 0.2) is 36.4 Å². The number of fused-ring (bicyclic) bond motifs is 1.